The lowest BCUT2D eigenvalue weighted by Crippen LogP contribution is -2.41. The van der Waals surface area contributed by atoms with Gasteiger partial charge in [0.2, 0.25) is 5.91 Å². The van der Waals surface area contributed by atoms with Gasteiger partial charge in [-0.2, -0.15) is 18.3 Å². The number of hydrogen-bond donors (Lipinski definition) is 5. The van der Waals surface area contributed by atoms with Crippen LogP contribution in [0.3, 0.4) is 0 Å². The van der Waals surface area contributed by atoms with Crippen LogP contribution in [0.2, 0.25) is 0 Å². The topological polar surface area (TPSA) is 150 Å². The average molecular weight is 582 g/mol. The Kier molecular flexibility index (Phi) is 8.68. The lowest BCUT2D eigenvalue weighted by molar-refractivity contribution is -0.141. The van der Waals surface area contributed by atoms with Crippen molar-refractivity contribution in [2.24, 2.45) is 4.99 Å². The van der Waals surface area contributed by atoms with Crippen LogP contribution >= 0.6 is 0 Å². The molecule has 1 aromatic heterocycles. The monoisotopic (exact) mass is 581 g/mol. The third-order valence-corrected chi connectivity index (χ3v) is 6.05. The Morgan fingerprint density at radius 1 is 1.20 bits per heavy atom. The van der Waals surface area contributed by atoms with Crippen molar-refractivity contribution >= 4 is 40.3 Å². The molecule has 1 unspecified atom stereocenters. The average Bonchev–Trinajstić information content (AvgIpc) is 3.41. The van der Waals surface area contributed by atoms with Crippen LogP contribution in [0.1, 0.15) is 33.9 Å². The predicted octanol–water partition coefficient (Wildman–Crippen LogP) is 2.58. The second-order valence-electron chi connectivity index (χ2n) is 8.97. The number of alkyl halides is 4. The summed E-state index contributed by atoms with van der Waals surface area (Å²) in [6, 6.07) is 3.72. The van der Waals surface area contributed by atoms with Gasteiger partial charge in [0.25, 0.3) is 5.91 Å². The Balaban J connectivity index is 1.47. The van der Waals surface area contributed by atoms with Gasteiger partial charge in [0, 0.05) is 10.9 Å². The normalized spacial score (nSPS) is 15.9. The van der Waals surface area contributed by atoms with Crippen molar-refractivity contribution in [1.29, 1.82) is 0 Å². The van der Waals surface area contributed by atoms with Crippen molar-refractivity contribution in [1.82, 2.24) is 26.1 Å². The van der Waals surface area contributed by atoms with Gasteiger partial charge in [-0.1, -0.05) is 6.07 Å². The Hall–Kier alpha value is -4.76. The van der Waals surface area contributed by atoms with E-state index in [4.69, 9.17) is 0 Å². The number of aromatic nitrogens is 2. The van der Waals surface area contributed by atoms with Crippen LogP contribution in [0.15, 0.2) is 41.5 Å². The van der Waals surface area contributed by atoms with Crippen molar-refractivity contribution < 1.29 is 41.1 Å². The molecule has 41 heavy (non-hydrogen) atoms. The molecule has 218 valence electrons. The molecule has 2 amide bonds. The number of fused-ring (bicyclic) bond motifs is 1. The van der Waals surface area contributed by atoms with Gasteiger partial charge in [0.15, 0.2) is 5.96 Å². The lowest BCUT2D eigenvalue weighted by atomic mass is 10.0. The molecular formula is C25H24F5N7O4. The standard InChI is InChI=1S/C25H24F5N7O4/c1-41-22(39)7-18(12-2-3-17(27)16(4-12)25(28,29)30)35-21(38)11-31-23(40)13-5-19(15-10-34-37-20(15)6-13)36-24-32-8-14(26)9-33-24/h2-6,10,14,18H,7-9,11H2,1H3,(H,31,40)(H,34,37)(H,35,38)(H2,32,33,36)/t18-/m0/s1. The van der Waals surface area contributed by atoms with Crippen molar-refractivity contribution in [3.05, 3.63) is 59.0 Å². The molecule has 0 aliphatic carbocycles. The van der Waals surface area contributed by atoms with E-state index < -0.39 is 60.5 Å². The minimum atomic E-state index is -5.01. The van der Waals surface area contributed by atoms with Crippen LogP contribution in [0.25, 0.3) is 10.9 Å². The first-order valence-corrected chi connectivity index (χ1v) is 12.1. The molecule has 2 atom stereocenters. The zero-order valence-electron chi connectivity index (χ0n) is 21.4. The minimum absolute atomic E-state index is 0.0361. The second kappa shape index (κ2) is 12.2. The number of rotatable bonds is 8. The van der Waals surface area contributed by atoms with Crippen molar-refractivity contribution in [3.8, 4) is 0 Å². The van der Waals surface area contributed by atoms with E-state index in [9.17, 15) is 36.3 Å². The van der Waals surface area contributed by atoms with Gasteiger partial charge in [-0.15, -0.1) is 0 Å². The SMILES string of the molecule is COC(=O)C[C@H](NC(=O)CNC(=O)c1cc(NC2=NCC(F)CN2)c2cn[nH]c2c1)c1ccc(F)c(C(F)(F)F)c1. The van der Waals surface area contributed by atoms with E-state index >= 15 is 0 Å². The van der Waals surface area contributed by atoms with Crippen molar-refractivity contribution in [3.63, 3.8) is 0 Å². The van der Waals surface area contributed by atoms with Gasteiger partial charge in [0.05, 0.1) is 62.2 Å². The van der Waals surface area contributed by atoms with Gasteiger partial charge in [-0.25, -0.2) is 13.8 Å². The number of guanidine groups is 1. The number of ether oxygens (including phenoxy) is 1. The number of methoxy groups -OCH3 is 1. The molecule has 2 heterocycles. The molecule has 0 saturated carbocycles. The number of anilines is 1. The Morgan fingerprint density at radius 3 is 2.66 bits per heavy atom. The summed E-state index contributed by atoms with van der Waals surface area (Å²) in [5.74, 6) is -3.59. The lowest BCUT2D eigenvalue weighted by Gasteiger charge is -2.20. The highest BCUT2D eigenvalue weighted by Crippen LogP contribution is 2.33. The number of halogens is 5. The highest BCUT2D eigenvalue weighted by atomic mass is 19.4. The summed E-state index contributed by atoms with van der Waals surface area (Å²) in [5.41, 5.74) is -0.757. The van der Waals surface area contributed by atoms with Gasteiger partial charge in [-0.05, 0) is 29.8 Å². The molecule has 16 heteroatoms. The van der Waals surface area contributed by atoms with Gasteiger partial charge in [-0.3, -0.25) is 19.5 Å². The van der Waals surface area contributed by atoms with E-state index in [2.05, 4.69) is 41.2 Å². The Labute approximate surface area is 228 Å². The summed E-state index contributed by atoms with van der Waals surface area (Å²) >= 11 is 0. The maximum atomic E-state index is 13.8. The Morgan fingerprint density at radius 2 is 1.98 bits per heavy atom. The molecule has 0 saturated heterocycles. The predicted molar refractivity (Wildman–Crippen MR) is 136 cm³/mol. The molecule has 0 bridgehead atoms. The fourth-order valence-electron chi connectivity index (χ4n) is 4.00. The number of H-pyrrole nitrogens is 1. The minimum Gasteiger partial charge on any atom is -0.469 e. The first-order valence-electron chi connectivity index (χ1n) is 12.1. The quantitative estimate of drug-likeness (QED) is 0.203. The summed E-state index contributed by atoms with van der Waals surface area (Å²) in [4.78, 5) is 41.5. The Bertz CT molecular complexity index is 1490. The molecule has 3 aromatic rings. The highest BCUT2D eigenvalue weighted by Gasteiger charge is 2.35. The van der Waals surface area contributed by atoms with Gasteiger partial charge < -0.3 is 26.0 Å². The molecule has 0 radical (unpaired) electrons. The smallest absolute Gasteiger partial charge is 0.419 e. The van der Waals surface area contributed by atoms with Crippen LogP contribution in [0, 0.1) is 5.82 Å². The zero-order chi connectivity index (χ0) is 29.7. The highest BCUT2D eigenvalue weighted by molar-refractivity contribution is 6.07. The van der Waals surface area contributed by atoms with E-state index in [0.29, 0.717) is 34.7 Å². The van der Waals surface area contributed by atoms with Crippen LogP contribution in [-0.4, -0.2) is 66.9 Å². The number of benzene rings is 2. The first-order chi connectivity index (χ1) is 19.4. The summed E-state index contributed by atoms with van der Waals surface area (Å²) < 4.78 is 71.3. The number of carbonyl (C=O) groups excluding carboxylic acids is 3. The van der Waals surface area contributed by atoms with E-state index in [1.807, 2.05) is 0 Å². The van der Waals surface area contributed by atoms with E-state index in [0.717, 1.165) is 13.2 Å². The maximum Gasteiger partial charge on any atom is 0.419 e. The van der Waals surface area contributed by atoms with Crippen molar-refractivity contribution in [2.45, 2.75) is 24.8 Å². The fraction of sp³-hybridized carbons (Fsp3) is 0.320. The molecule has 0 spiro atoms. The number of aromatic amines is 1. The third-order valence-electron chi connectivity index (χ3n) is 6.05. The third kappa shape index (κ3) is 7.26. The first kappa shape index (κ1) is 29.2. The molecule has 0 fully saturated rings. The number of amides is 2. The number of esters is 1. The van der Waals surface area contributed by atoms with Crippen LogP contribution in [-0.2, 0) is 20.5 Å². The van der Waals surface area contributed by atoms with E-state index in [-0.39, 0.29) is 24.2 Å². The molecule has 11 nitrogen and oxygen atoms in total. The van der Waals surface area contributed by atoms with Crippen LogP contribution in [0.4, 0.5) is 27.6 Å². The molecule has 5 N–H and O–H groups in total. The number of nitrogens with one attached hydrogen (secondary N) is 5. The van der Waals surface area contributed by atoms with E-state index in [1.54, 1.807) is 0 Å². The number of aliphatic imine (C=N–C) groups is 1. The molecular weight excluding hydrogens is 557 g/mol. The molecule has 4 rings (SSSR count). The van der Waals surface area contributed by atoms with E-state index in [1.165, 1.54) is 18.3 Å². The second-order valence-corrected chi connectivity index (χ2v) is 8.97. The number of hydrogen-bond acceptors (Lipinski definition) is 8. The molecule has 2 aromatic carbocycles. The molecule has 1 aliphatic rings. The van der Waals surface area contributed by atoms with Crippen LogP contribution in [0.5, 0.6) is 0 Å². The number of carbonyl (C=O) groups is 3. The summed E-state index contributed by atoms with van der Waals surface area (Å²) in [5, 5.41) is 17.8. The van der Waals surface area contributed by atoms with Gasteiger partial charge >= 0.3 is 12.1 Å². The van der Waals surface area contributed by atoms with Crippen LogP contribution < -0.4 is 21.3 Å². The summed E-state index contributed by atoms with van der Waals surface area (Å²) in [6.45, 7) is -0.590. The maximum absolute atomic E-state index is 13.8. The zero-order valence-corrected chi connectivity index (χ0v) is 21.4. The molecule has 1 aliphatic heterocycles. The summed E-state index contributed by atoms with van der Waals surface area (Å²) in [7, 11) is 1.06. The number of nitrogens with zero attached hydrogens (tertiary/aromatic N) is 2. The largest absolute Gasteiger partial charge is 0.469 e. The summed E-state index contributed by atoms with van der Waals surface area (Å²) in [6.07, 6.45) is -5.17. The van der Waals surface area contributed by atoms with Gasteiger partial charge in [0.1, 0.15) is 12.0 Å². The van der Waals surface area contributed by atoms with Crippen molar-refractivity contribution in [2.75, 3.05) is 32.1 Å². The fourth-order valence-corrected chi connectivity index (χ4v) is 4.00.